The monoisotopic (exact) mass is 412 g/mol. The Morgan fingerprint density at radius 2 is 2.07 bits per heavy atom. The molecule has 1 atom stereocenters. The zero-order valence-corrected chi connectivity index (χ0v) is 16.7. The first kappa shape index (κ1) is 19.5. The highest BCUT2D eigenvalue weighted by Crippen LogP contribution is 2.21. The van der Waals surface area contributed by atoms with E-state index >= 15 is 0 Å². The van der Waals surface area contributed by atoms with Gasteiger partial charge in [-0.05, 0) is 61.4 Å². The van der Waals surface area contributed by atoms with Gasteiger partial charge in [0.05, 0.1) is 18.9 Å². The van der Waals surface area contributed by atoms with Gasteiger partial charge in [0.2, 0.25) is 5.55 Å². The molecule has 29 heavy (non-hydrogen) atoms. The summed E-state index contributed by atoms with van der Waals surface area (Å²) >= 11 is 6.10. The van der Waals surface area contributed by atoms with Gasteiger partial charge < -0.3 is 19.2 Å². The summed E-state index contributed by atoms with van der Waals surface area (Å²) in [7, 11) is 1.60. The number of carbonyl (C=O) groups is 1. The van der Waals surface area contributed by atoms with Crippen molar-refractivity contribution >= 4 is 34.2 Å². The third-order valence-corrected chi connectivity index (χ3v) is 5.01. The Morgan fingerprint density at radius 3 is 2.79 bits per heavy atom. The van der Waals surface area contributed by atoms with Crippen molar-refractivity contribution in [1.82, 2.24) is 5.32 Å². The molecule has 6 nitrogen and oxygen atoms in total. The molecule has 3 aromatic rings. The number of nitrogens with one attached hydrogen (secondary N) is 1. The number of hydrogen-bond donors (Lipinski definition) is 1. The molecule has 1 amide bonds. The maximum atomic E-state index is 12.9. The molecule has 1 fully saturated rings. The quantitative estimate of drug-likeness (QED) is 0.680. The van der Waals surface area contributed by atoms with Crippen molar-refractivity contribution in [1.29, 1.82) is 0 Å². The van der Waals surface area contributed by atoms with E-state index in [-0.39, 0.29) is 17.6 Å². The average Bonchev–Trinajstić information content (AvgIpc) is 3.26. The van der Waals surface area contributed by atoms with Crippen LogP contribution in [0.2, 0.25) is 5.02 Å². The third kappa shape index (κ3) is 4.60. The molecule has 1 aliphatic rings. The number of amides is 1. The van der Waals surface area contributed by atoms with E-state index in [2.05, 4.69) is 10.3 Å². The summed E-state index contributed by atoms with van der Waals surface area (Å²) in [6, 6.07) is 14.2. The molecule has 150 valence electrons. The van der Waals surface area contributed by atoms with Gasteiger partial charge in [0, 0.05) is 23.6 Å². The van der Waals surface area contributed by atoms with Gasteiger partial charge in [0.25, 0.3) is 5.91 Å². The van der Waals surface area contributed by atoms with Crippen molar-refractivity contribution in [2.45, 2.75) is 18.9 Å². The van der Waals surface area contributed by atoms with Crippen molar-refractivity contribution in [3.05, 3.63) is 64.7 Å². The molecular formula is C22H21ClN2O4. The van der Waals surface area contributed by atoms with Crippen LogP contribution in [0.3, 0.4) is 0 Å². The van der Waals surface area contributed by atoms with Crippen LogP contribution in [0.1, 0.15) is 23.2 Å². The lowest BCUT2D eigenvalue weighted by atomic mass is 10.1. The first-order valence-corrected chi connectivity index (χ1v) is 9.82. The number of methoxy groups -OCH3 is 1. The number of ether oxygens (including phenoxy) is 2. The Hall–Kier alpha value is -2.83. The Bertz CT molecular complexity index is 1090. The number of rotatable bonds is 5. The van der Waals surface area contributed by atoms with Crippen LogP contribution >= 0.6 is 11.6 Å². The van der Waals surface area contributed by atoms with Gasteiger partial charge in [0.15, 0.2) is 0 Å². The van der Waals surface area contributed by atoms with E-state index in [9.17, 15) is 4.79 Å². The fraction of sp³-hybridized carbons (Fsp3) is 0.273. The SMILES string of the molecule is COc1ccc(N=c2oc3ccc(Cl)cc3cc2C(=O)NCC2CCCO2)cc1. The lowest BCUT2D eigenvalue weighted by Gasteiger charge is -2.11. The zero-order valence-electron chi connectivity index (χ0n) is 16.0. The molecular weight excluding hydrogens is 392 g/mol. The van der Waals surface area contributed by atoms with E-state index < -0.39 is 0 Å². The molecule has 4 rings (SSSR count). The fourth-order valence-corrected chi connectivity index (χ4v) is 3.41. The molecule has 0 aliphatic carbocycles. The summed E-state index contributed by atoms with van der Waals surface area (Å²) in [5.74, 6) is 0.460. The van der Waals surface area contributed by atoms with Crippen molar-refractivity contribution in [3.8, 4) is 5.75 Å². The number of carbonyl (C=O) groups excluding carboxylic acids is 1. The van der Waals surface area contributed by atoms with Gasteiger partial charge in [-0.3, -0.25) is 4.79 Å². The number of benzene rings is 2. The molecule has 0 spiro atoms. The van der Waals surface area contributed by atoms with Crippen LogP contribution in [-0.4, -0.2) is 32.3 Å². The minimum Gasteiger partial charge on any atom is -0.497 e. The molecule has 1 aromatic heterocycles. The van der Waals surface area contributed by atoms with E-state index in [1.54, 1.807) is 55.6 Å². The Balaban J connectivity index is 1.73. The van der Waals surface area contributed by atoms with Crippen molar-refractivity contribution in [2.75, 3.05) is 20.3 Å². The summed E-state index contributed by atoms with van der Waals surface area (Å²) < 4.78 is 16.7. The summed E-state index contributed by atoms with van der Waals surface area (Å²) in [5, 5.41) is 4.23. The molecule has 0 bridgehead atoms. The Labute approximate surface area is 173 Å². The van der Waals surface area contributed by atoms with E-state index in [4.69, 9.17) is 25.5 Å². The molecule has 2 aromatic carbocycles. The third-order valence-electron chi connectivity index (χ3n) is 4.77. The first-order valence-electron chi connectivity index (χ1n) is 9.44. The highest BCUT2D eigenvalue weighted by molar-refractivity contribution is 6.31. The van der Waals surface area contributed by atoms with Crippen LogP contribution in [0.25, 0.3) is 11.0 Å². The topological polar surface area (TPSA) is 73.1 Å². The maximum Gasteiger partial charge on any atom is 0.256 e. The van der Waals surface area contributed by atoms with Crippen LogP contribution in [0.5, 0.6) is 5.75 Å². The van der Waals surface area contributed by atoms with Gasteiger partial charge in [0.1, 0.15) is 16.9 Å². The van der Waals surface area contributed by atoms with E-state index in [0.29, 0.717) is 28.4 Å². The maximum absolute atomic E-state index is 12.9. The van der Waals surface area contributed by atoms with Crippen LogP contribution < -0.4 is 15.6 Å². The van der Waals surface area contributed by atoms with Crippen LogP contribution in [0.15, 0.2) is 57.9 Å². The van der Waals surface area contributed by atoms with Gasteiger partial charge in [-0.2, -0.15) is 0 Å². The fourth-order valence-electron chi connectivity index (χ4n) is 3.23. The number of fused-ring (bicyclic) bond motifs is 1. The second-order valence-corrected chi connectivity index (χ2v) is 7.24. The summed E-state index contributed by atoms with van der Waals surface area (Å²) in [4.78, 5) is 17.4. The molecule has 7 heteroatoms. The normalized spacial score (nSPS) is 16.9. The second-order valence-electron chi connectivity index (χ2n) is 6.80. The summed E-state index contributed by atoms with van der Waals surface area (Å²) in [6.45, 7) is 1.19. The number of halogens is 1. The van der Waals surface area contributed by atoms with Gasteiger partial charge in [-0.25, -0.2) is 4.99 Å². The standard InChI is InChI=1S/C22H21ClN2O4/c1-27-17-7-5-16(6-8-17)25-22-19(21(26)24-13-18-3-2-10-28-18)12-14-11-15(23)4-9-20(14)29-22/h4-9,11-12,18H,2-3,10,13H2,1H3,(H,24,26). The lowest BCUT2D eigenvalue weighted by molar-refractivity contribution is 0.0854. The molecule has 1 N–H and O–H groups in total. The minimum atomic E-state index is -0.265. The van der Waals surface area contributed by atoms with E-state index in [1.807, 2.05) is 0 Å². The predicted octanol–water partition coefficient (Wildman–Crippen LogP) is 4.24. The van der Waals surface area contributed by atoms with Crippen molar-refractivity contribution < 1.29 is 18.7 Å². The summed E-state index contributed by atoms with van der Waals surface area (Å²) in [5.41, 5.74) is 1.82. The highest BCUT2D eigenvalue weighted by Gasteiger charge is 2.18. The van der Waals surface area contributed by atoms with Crippen LogP contribution in [-0.2, 0) is 4.74 Å². The molecule has 0 saturated carbocycles. The lowest BCUT2D eigenvalue weighted by Crippen LogP contribution is -2.34. The smallest absolute Gasteiger partial charge is 0.256 e. The minimum absolute atomic E-state index is 0.0489. The van der Waals surface area contributed by atoms with E-state index in [1.165, 1.54) is 0 Å². The first-order chi connectivity index (χ1) is 14.1. The average molecular weight is 413 g/mol. The summed E-state index contributed by atoms with van der Waals surface area (Å²) in [6.07, 6.45) is 2.01. The van der Waals surface area contributed by atoms with Gasteiger partial charge in [-0.1, -0.05) is 11.6 Å². The molecule has 1 aliphatic heterocycles. The van der Waals surface area contributed by atoms with Crippen molar-refractivity contribution in [3.63, 3.8) is 0 Å². The molecule has 2 heterocycles. The molecule has 1 saturated heterocycles. The van der Waals surface area contributed by atoms with E-state index in [0.717, 1.165) is 30.6 Å². The Kier molecular flexibility index (Phi) is 5.83. The molecule has 0 radical (unpaired) electrons. The number of nitrogens with zero attached hydrogens (tertiary/aromatic N) is 1. The second kappa shape index (κ2) is 8.68. The largest absolute Gasteiger partial charge is 0.497 e. The van der Waals surface area contributed by atoms with Gasteiger partial charge in [-0.15, -0.1) is 0 Å². The van der Waals surface area contributed by atoms with Crippen LogP contribution in [0.4, 0.5) is 5.69 Å². The van der Waals surface area contributed by atoms with Crippen LogP contribution in [0, 0.1) is 0 Å². The highest BCUT2D eigenvalue weighted by atomic mass is 35.5. The predicted molar refractivity (Wildman–Crippen MR) is 111 cm³/mol. The molecule has 1 unspecified atom stereocenters. The van der Waals surface area contributed by atoms with Gasteiger partial charge >= 0.3 is 0 Å². The number of hydrogen-bond acceptors (Lipinski definition) is 5. The Morgan fingerprint density at radius 1 is 1.24 bits per heavy atom. The van der Waals surface area contributed by atoms with Crippen molar-refractivity contribution in [2.24, 2.45) is 4.99 Å². The zero-order chi connectivity index (χ0) is 20.2.